The SMILES string of the molecule is O=S(=O)(O)CCSc1nc2ccccc2[nH]1.[Na+]. The van der Waals surface area contributed by atoms with Crippen molar-refractivity contribution in [1.82, 2.24) is 9.97 Å². The number of nitrogens with zero attached hydrogens (tertiary/aromatic N) is 1. The van der Waals surface area contributed by atoms with Crippen LogP contribution in [0.4, 0.5) is 0 Å². The van der Waals surface area contributed by atoms with Crippen LogP contribution in [0.25, 0.3) is 11.0 Å². The molecule has 8 heteroatoms. The van der Waals surface area contributed by atoms with Gasteiger partial charge >= 0.3 is 29.6 Å². The topological polar surface area (TPSA) is 83.1 Å². The van der Waals surface area contributed by atoms with Gasteiger partial charge in [-0.3, -0.25) is 4.55 Å². The van der Waals surface area contributed by atoms with Gasteiger partial charge in [-0.1, -0.05) is 23.9 Å². The number of aromatic nitrogens is 2. The van der Waals surface area contributed by atoms with Gasteiger partial charge < -0.3 is 4.98 Å². The zero-order valence-corrected chi connectivity index (χ0v) is 12.9. The summed E-state index contributed by atoms with van der Waals surface area (Å²) in [6, 6.07) is 7.55. The van der Waals surface area contributed by atoms with Crippen LogP contribution in [-0.4, -0.2) is 34.4 Å². The van der Waals surface area contributed by atoms with Gasteiger partial charge in [0.25, 0.3) is 10.1 Å². The van der Waals surface area contributed by atoms with E-state index in [1.54, 1.807) is 0 Å². The number of fused-ring (bicyclic) bond motifs is 1. The summed E-state index contributed by atoms with van der Waals surface area (Å²) < 4.78 is 29.6. The summed E-state index contributed by atoms with van der Waals surface area (Å²) in [5.74, 6) is 0.00731. The summed E-state index contributed by atoms with van der Waals surface area (Å²) in [5, 5.41) is 0.657. The molecule has 0 aliphatic heterocycles. The summed E-state index contributed by atoms with van der Waals surface area (Å²) in [5.41, 5.74) is 1.76. The normalized spacial score (nSPS) is 11.4. The molecule has 1 heterocycles. The average Bonchev–Trinajstić information content (AvgIpc) is 2.57. The van der Waals surface area contributed by atoms with E-state index in [0.717, 1.165) is 11.0 Å². The molecule has 86 valence electrons. The largest absolute Gasteiger partial charge is 1.00 e. The van der Waals surface area contributed by atoms with E-state index >= 15 is 0 Å². The summed E-state index contributed by atoms with van der Waals surface area (Å²) in [6.07, 6.45) is 0. The average molecular weight is 281 g/mol. The van der Waals surface area contributed by atoms with Gasteiger partial charge in [0, 0.05) is 5.75 Å². The molecule has 1 aromatic heterocycles. The van der Waals surface area contributed by atoms with E-state index in [1.807, 2.05) is 24.3 Å². The molecule has 0 fully saturated rings. The predicted octanol–water partition coefficient (Wildman–Crippen LogP) is -1.45. The van der Waals surface area contributed by atoms with Gasteiger partial charge in [-0.05, 0) is 12.1 Å². The molecule has 0 saturated heterocycles. The third kappa shape index (κ3) is 4.61. The van der Waals surface area contributed by atoms with Crippen LogP contribution in [-0.2, 0) is 10.1 Å². The number of nitrogens with one attached hydrogen (secondary N) is 1. The quantitative estimate of drug-likeness (QED) is 0.407. The molecule has 17 heavy (non-hydrogen) atoms. The van der Waals surface area contributed by atoms with Gasteiger partial charge in [0.05, 0.1) is 16.8 Å². The molecule has 0 atom stereocenters. The number of aromatic amines is 1. The van der Waals surface area contributed by atoms with Crippen molar-refractivity contribution < 1.29 is 42.5 Å². The molecule has 2 N–H and O–H groups in total. The fraction of sp³-hybridized carbons (Fsp3) is 0.222. The van der Waals surface area contributed by atoms with Crippen LogP contribution >= 0.6 is 11.8 Å². The minimum Gasteiger partial charge on any atom is -0.333 e. The van der Waals surface area contributed by atoms with Crippen LogP contribution < -0.4 is 29.6 Å². The van der Waals surface area contributed by atoms with Crippen LogP contribution in [0, 0.1) is 0 Å². The Labute approximate surface area is 125 Å². The smallest absolute Gasteiger partial charge is 0.333 e. The number of imidazole rings is 1. The number of benzene rings is 1. The Morgan fingerprint density at radius 1 is 1.35 bits per heavy atom. The molecular formula is C9H10N2NaO3S2+. The van der Waals surface area contributed by atoms with E-state index in [-0.39, 0.29) is 41.1 Å². The Morgan fingerprint density at radius 2 is 2.06 bits per heavy atom. The minimum atomic E-state index is -3.89. The maximum Gasteiger partial charge on any atom is 1.00 e. The second-order valence-corrected chi connectivity index (χ2v) is 5.85. The molecule has 0 amide bonds. The second kappa shape index (κ2) is 6.21. The first-order chi connectivity index (χ1) is 7.54. The van der Waals surface area contributed by atoms with Crippen LogP contribution in [0.5, 0.6) is 0 Å². The number of para-hydroxylation sites is 2. The molecule has 1 aromatic carbocycles. The molecule has 0 unspecified atom stereocenters. The van der Waals surface area contributed by atoms with E-state index in [9.17, 15) is 8.42 Å². The molecule has 2 aromatic rings. The number of hydrogen-bond acceptors (Lipinski definition) is 4. The Kier molecular flexibility index (Phi) is 5.49. The van der Waals surface area contributed by atoms with E-state index < -0.39 is 10.1 Å². The van der Waals surface area contributed by atoms with E-state index in [2.05, 4.69) is 9.97 Å². The van der Waals surface area contributed by atoms with Crippen molar-refractivity contribution in [2.45, 2.75) is 5.16 Å². The first-order valence-corrected chi connectivity index (χ1v) is 7.17. The van der Waals surface area contributed by atoms with Gasteiger partial charge in [0.1, 0.15) is 0 Å². The maximum absolute atomic E-state index is 10.5. The van der Waals surface area contributed by atoms with Crippen LogP contribution in [0.15, 0.2) is 29.4 Å². The summed E-state index contributed by atoms with van der Waals surface area (Å²) >= 11 is 1.27. The van der Waals surface area contributed by atoms with Crippen molar-refractivity contribution in [2.75, 3.05) is 11.5 Å². The van der Waals surface area contributed by atoms with Crippen molar-refractivity contribution in [3.63, 3.8) is 0 Å². The van der Waals surface area contributed by atoms with E-state index in [0.29, 0.717) is 5.16 Å². The molecule has 0 saturated carbocycles. The Balaban J connectivity index is 0.00000144. The molecule has 5 nitrogen and oxygen atoms in total. The molecular weight excluding hydrogens is 271 g/mol. The molecule has 0 aliphatic carbocycles. The van der Waals surface area contributed by atoms with E-state index in [1.165, 1.54) is 11.8 Å². The van der Waals surface area contributed by atoms with Crippen molar-refractivity contribution in [1.29, 1.82) is 0 Å². The standard InChI is InChI=1S/C9H10N2O3S2.Na/c12-16(13,14)6-5-15-9-10-7-3-1-2-4-8(7)11-9;/h1-4H,5-6H2,(H,10,11)(H,12,13,14);/q;+1. The third-order valence-corrected chi connectivity index (χ3v) is 3.80. The van der Waals surface area contributed by atoms with Crippen LogP contribution in [0.3, 0.4) is 0 Å². The fourth-order valence-corrected chi connectivity index (χ4v) is 2.96. The first-order valence-electron chi connectivity index (χ1n) is 4.57. The first kappa shape index (κ1) is 15.0. The number of hydrogen-bond donors (Lipinski definition) is 2. The number of rotatable bonds is 4. The molecule has 0 aliphatic rings. The second-order valence-electron chi connectivity index (χ2n) is 3.19. The van der Waals surface area contributed by atoms with Gasteiger partial charge in [0.2, 0.25) is 0 Å². The molecule has 0 bridgehead atoms. The Hall–Kier alpha value is -0.0500. The van der Waals surface area contributed by atoms with Crippen molar-refractivity contribution in [3.05, 3.63) is 24.3 Å². The molecule has 2 rings (SSSR count). The Bertz CT molecular complexity index is 564. The minimum absolute atomic E-state index is 0. The van der Waals surface area contributed by atoms with Gasteiger partial charge in [-0.25, -0.2) is 4.98 Å². The fourth-order valence-electron chi connectivity index (χ4n) is 1.24. The van der Waals surface area contributed by atoms with Gasteiger partial charge in [-0.2, -0.15) is 8.42 Å². The zero-order chi connectivity index (χ0) is 11.6. The van der Waals surface area contributed by atoms with E-state index in [4.69, 9.17) is 4.55 Å². The number of H-pyrrole nitrogens is 1. The van der Waals surface area contributed by atoms with Crippen molar-refractivity contribution in [3.8, 4) is 0 Å². The van der Waals surface area contributed by atoms with Crippen LogP contribution in [0.1, 0.15) is 0 Å². The number of thioether (sulfide) groups is 1. The van der Waals surface area contributed by atoms with Crippen LogP contribution in [0.2, 0.25) is 0 Å². The zero-order valence-electron chi connectivity index (χ0n) is 9.25. The van der Waals surface area contributed by atoms with Crippen molar-refractivity contribution in [2.24, 2.45) is 0 Å². The van der Waals surface area contributed by atoms with Crippen molar-refractivity contribution >= 4 is 32.9 Å². The summed E-state index contributed by atoms with van der Waals surface area (Å²) in [7, 11) is -3.89. The Morgan fingerprint density at radius 3 is 2.71 bits per heavy atom. The molecule has 0 spiro atoms. The molecule has 0 radical (unpaired) electrons. The predicted molar refractivity (Wildman–Crippen MR) is 63.2 cm³/mol. The van der Waals surface area contributed by atoms with Gasteiger partial charge in [0.15, 0.2) is 5.16 Å². The third-order valence-electron chi connectivity index (χ3n) is 1.95. The summed E-state index contributed by atoms with van der Waals surface area (Å²) in [6.45, 7) is 0. The maximum atomic E-state index is 10.5. The van der Waals surface area contributed by atoms with Gasteiger partial charge in [-0.15, -0.1) is 0 Å². The monoisotopic (exact) mass is 281 g/mol. The summed E-state index contributed by atoms with van der Waals surface area (Å²) in [4.78, 5) is 7.32.